The predicted octanol–water partition coefficient (Wildman–Crippen LogP) is 2.74. The first-order chi connectivity index (χ1) is 9.90. The van der Waals surface area contributed by atoms with Gasteiger partial charge >= 0.3 is 12.0 Å². The van der Waals surface area contributed by atoms with Crippen LogP contribution in [0.4, 0.5) is 10.5 Å². The largest absolute Gasteiger partial charge is 0.507 e. The number of carbonyl (C=O) groups is 2. The molecular weight excluding hydrogens is 272 g/mol. The molecule has 1 aliphatic heterocycles. The number of anilines is 1. The molecule has 0 radical (unpaired) electrons. The van der Waals surface area contributed by atoms with E-state index in [0.29, 0.717) is 18.2 Å². The zero-order chi connectivity index (χ0) is 15.6. The van der Waals surface area contributed by atoms with Gasteiger partial charge in [-0.1, -0.05) is 13.8 Å². The Labute approximate surface area is 123 Å². The first kappa shape index (κ1) is 15.2. The normalized spacial score (nSPS) is 18.0. The minimum atomic E-state index is -1.23. The van der Waals surface area contributed by atoms with Gasteiger partial charge in [0.25, 0.3) is 0 Å². The zero-order valence-corrected chi connectivity index (χ0v) is 12.2. The van der Waals surface area contributed by atoms with Crippen molar-refractivity contribution in [3.05, 3.63) is 23.8 Å². The van der Waals surface area contributed by atoms with Crippen molar-refractivity contribution in [3.63, 3.8) is 0 Å². The van der Waals surface area contributed by atoms with E-state index in [1.54, 1.807) is 4.90 Å². The molecule has 6 heteroatoms. The number of aromatic hydroxyl groups is 1. The maximum absolute atomic E-state index is 12.3. The van der Waals surface area contributed by atoms with Crippen molar-refractivity contribution in [1.82, 2.24) is 4.90 Å². The van der Waals surface area contributed by atoms with E-state index in [1.807, 2.05) is 0 Å². The summed E-state index contributed by atoms with van der Waals surface area (Å²) in [5, 5.41) is 21.1. The molecule has 2 rings (SSSR count). The van der Waals surface area contributed by atoms with Crippen LogP contribution in [0.2, 0.25) is 0 Å². The van der Waals surface area contributed by atoms with Crippen LogP contribution in [-0.2, 0) is 0 Å². The molecule has 1 saturated heterocycles. The third-order valence-corrected chi connectivity index (χ3v) is 3.81. The first-order valence-corrected chi connectivity index (χ1v) is 7.04. The summed E-state index contributed by atoms with van der Waals surface area (Å²) in [5.41, 5.74) is 0.138. The molecule has 2 amide bonds. The number of phenols is 1. The van der Waals surface area contributed by atoms with Crippen molar-refractivity contribution in [3.8, 4) is 5.75 Å². The molecule has 6 nitrogen and oxygen atoms in total. The number of nitrogens with one attached hydrogen (secondary N) is 1. The Kier molecular flexibility index (Phi) is 4.35. The van der Waals surface area contributed by atoms with Gasteiger partial charge in [-0.2, -0.15) is 0 Å². The van der Waals surface area contributed by atoms with Crippen molar-refractivity contribution >= 4 is 17.7 Å². The van der Waals surface area contributed by atoms with Gasteiger partial charge in [-0.25, -0.2) is 9.59 Å². The smallest absolute Gasteiger partial charge is 0.339 e. The molecule has 114 valence electrons. The fourth-order valence-electron chi connectivity index (χ4n) is 2.72. The number of aromatic carboxylic acids is 1. The Hall–Kier alpha value is -2.24. The highest BCUT2D eigenvalue weighted by Gasteiger charge is 2.30. The van der Waals surface area contributed by atoms with E-state index in [2.05, 4.69) is 19.2 Å². The Morgan fingerprint density at radius 3 is 2.71 bits per heavy atom. The van der Waals surface area contributed by atoms with Gasteiger partial charge in [-0.05, 0) is 37.0 Å². The summed E-state index contributed by atoms with van der Waals surface area (Å²) in [5.74, 6) is -1.17. The molecule has 0 saturated carbocycles. The molecule has 1 fully saturated rings. The van der Waals surface area contributed by atoms with Crippen molar-refractivity contribution in [2.75, 3.05) is 11.9 Å². The van der Waals surface area contributed by atoms with Crippen LogP contribution in [0.15, 0.2) is 18.2 Å². The van der Waals surface area contributed by atoms with Crippen LogP contribution in [0, 0.1) is 5.92 Å². The monoisotopic (exact) mass is 292 g/mol. The molecule has 0 aromatic heterocycles. The van der Waals surface area contributed by atoms with Crippen LogP contribution in [0.1, 0.15) is 37.0 Å². The second kappa shape index (κ2) is 6.03. The molecule has 21 heavy (non-hydrogen) atoms. The van der Waals surface area contributed by atoms with Gasteiger partial charge < -0.3 is 20.4 Å². The molecule has 1 heterocycles. The van der Waals surface area contributed by atoms with Crippen molar-refractivity contribution < 1.29 is 19.8 Å². The van der Waals surface area contributed by atoms with Crippen molar-refractivity contribution in [1.29, 1.82) is 0 Å². The van der Waals surface area contributed by atoms with Crippen LogP contribution in [0.25, 0.3) is 0 Å². The average Bonchev–Trinajstić information content (AvgIpc) is 2.90. The van der Waals surface area contributed by atoms with Crippen LogP contribution in [0.3, 0.4) is 0 Å². The van der Waals surface area contributed by atoms with E-state index in [1.165, 1.54) is 18.2 Å². The highest BCUT2D eigenvalue weighted by atomic mass is 16.4. The topological polar surface area (TPSA) is 89.9 Å². The lowest BCUT2D eigenvalue weighted by molar-refractivity contribution is 0.0693. The van der Waals surface area contributed by atoms with E-state index in [4.69, 9.17) is 5.11 Å². The lowest BCUT2D eigenvalue weighted by atomic mass is 10.0. The van der Waals surface area contributed by atoms with Crippen molar-refractivity contribution in [2.45, 2.75) is 32.7 Å². The van der Waals surface area contributed by atoms with Crippen LogP contribution in [0.5, 0.6) is 5.75 Å². The molecule has 3 N–H and O–H groups in total. The summed E-state index contributed by atoms with van der Waals surface area (Å²) in [7, 11) is 0. The summed E-state index contributed by atoms with van der Waals surface area (Å²) >= 11 is 0. The lowest BCUT2D eigenvalue weighted by Crippen LogP contribution is -2.41. The molecule has 1 aromatic carbocycles. The third kappa shape index (κ3) is 3.26. The van der Waals surface area contributed by atoms with Gasteiger partial charge in [-0.3, -0.25) is 0 Å². The van der Waals surface area contributed by atoms with E-state index < -0.39 is 5.97 Å². The zero-order valence-electron chi connectivity index (χ0n) is 12.2. The minimum Gasteiger partial charge on any atom is -0.507 e. The van der Waals surface area contributed by atoms with Crippen LogP contribution >= 0.6 is 0 Å². The van der Waals surface area contributed by atoms with E-state index in [0.717, 1.165) is 12.8 Å². The maximum Gasteiger partial charge on any atom is 0.339 e. The van der Waals surface area contributed by atoms with Gasteiger partial charge in [0.2, 0.25) is 0 Å². The summed E-state index contributed by atoms with van der Waals surface area (Å²) in [6, 6.07) is 3.99. The minimum absolute atomic E-state index is 0.209. The Bertz CT molecular complexity index is 557. The summed E-state index contributed by atoms with van der Waals surface area (Å²) in [6.07, 6.45) is 1.97. The Morgan fingerprint density at radius 1 is 1.38 bits per heavy atom. The highest BCUT2D eigenvalue weighted by molar-refractivity contribution is 5.95. The van der Waals surface area contributed by atoms with Crippen LogP contribution in [-0.4, -0.2) is 39.7 Å². The number of hydrogen-bond acceptors (Lipinski definition) is 3. The van der Waals surface area contributed by atoms with E-state index in [-0.39, 0.29) is 23.4 Å². The molecule has 0 bridgehead atoms. The summed E-state index contributed by atoms with van der Waals surface area (Å²) in [6.45, 7) is 4.87. The summed E-state index contributed by atoms with van der Waals surface area (Å²) in [4.78, 5) is 25.1. The van der Waals surface area contributed by atoms with Crippen molar-refractivity contribution in [2.24, 2.45) is 5.92 Å². The standard InChI is InChI=1S/C15H20N2O4/c1-9(2)12-4-3-7-17(12)15(21)16-10-5-6-13(18)11(8-10)14(19)20/h5-6,8-9,12,18H,3-4,7H2,1-2H3,(H,16,21)(H,19,20). The fourth-order valence-corrected chi connectivity index (χ4v) is 2.72. The van der Waals surface area contributed by atoms with Gasteiger partial charge in [-0.15, -0.1) is 0 Å². The Morgan fingerprint density at radius 2 is 2.10 bits per heavy atom. The number of rotatable bonds is 3. The second-order valence-corrected chi connectivity index (χ2v) is 5.61. The molecular formula is C15H20N2O4. The second-order valence-electron chi connectivity index (χ2n) is 5.61. The maximum atomic E-state index is 12.3. The SMILES string of the molecule is CC(C)C1CCCN1C(=O)Nc1ccc(O)c(C(=O)O)c1. The number of carboxylic acid groups (broad SMARTS) is 1. The van der Waals surface area contributed by atoms with Gasteiger partial charge in [0.1, 0.15) is 11.3 Å². The number of nitrogens with zero attached hydrogens (tertiary/aromatic N) is 1. The molecule has 1 aliphatic rings. The number of amides is 2. The number of likely N-dealkylation sites (tertiary alicyclic amines) is 1. The molecule has 1 atom stereocenters. The predicted molar refractivity (Wildman–Crippen MR) is 78.7 cm³/mol. The average molecular weight is 292 g/mol. The van der Waals surface area contributed by atoms with Crippen LogP contribution < -0.4 is 5.32 Å². The molecule has 0 spiro atoms. The highest BCUT2D eigenvalue weighted by Crippen LogP contribution is 2.26. The lowest BCUT2D eigenvalue weighted by Gasteiger charge is -2.27. The number of carboxylic acids is 1. The summed E-state index contributed by atoms with van der Waals surface area (Å²) < 4.78 is 0. The third-order valence-electron chi connectivity index (χ3n) is 3.81. The van der Waals surface area contributed by atoms with E-state index >= 15 is 0 Å². The molecule has 1 aromatic rings. The number of urea groups is 1. The molecule has 1 unspecified atom stereocenters. The van der Waals surface area contributed by atoms with E-state index in [9.17, 15) is 14.7 Å². The first-order valence-electron chi connectivity index (χ1n) is 7.04. The quantitative estimate of drug-likeness (QED) is 0.747. The Balaban J connectivity index is 2.13. The number of benzene rings is 1. The fraction of sp³-hybridized carbons (Fsp3) is 0.467. The van der Waals surface area contributed by atoms with Gasteiger partial charge in [0.15, 0.2) is 0 Å². The van der Waals surface area contributed by atoms with Gasteiger partial charge in [0.05, 0.1) is 0 Å². The number of carbonyl (C=O) groups excluding carboxylic acids is 1. The number of hydrogen-bond donors (Lipinski definition) is 3. The molecule has 0 aliphatic carbocycles. The van der Waals surface area contributed by atoms with Gasteiger partial charge in [0, 0.05) is 18.3 Å².